The second kappa shape index (κ2) is 6.93. The van der Waals surface area contributed by atoms with E-state index in [9.17, 15) is 9.59 Å². The van der Waals surface area contributed by atoms with Crippen molar-refractivity contribution >= 4 is 11.8 Å². The van der Waals surface area contributed by atoms with Gasteiger partial charge in [0, 0.05) is 12.6 Å². The number of ether oxygens (including phenoxy) is 1. The Balaban J connectivity index is 1.05. The number of likely N-dealkylation sites (N-methyl/N-ethyl adjacent to an activating group) is 1. The second-order valence-corrected chi connectivity index (χ2v) is 11.8. The summed E-state index contributed by atoms with van der Waals surface area (Å²) in [6.45, 7) is 2.58. The van der Waals surface area contributed by atoms with E-state index >= 15 is 0 Å². The molecule has 6 nitrogen and oxygen atoms in total. The van der Waals surface area contributed by atoms with E-state index in [-0.39, 0.29) is 23.0 Å². The number of rotatable bonds is 3. The molecule has 6 heteroatoms. The topological polar surface area (TPSA) is 61.9 Å². The zero-order chi connectivity index (χ0) is 20.5. The molecule has 2 aliphatic heterocycles. The lowest BCUT2D eigenvalue weighted by atomic mass is 9.49. The number of likely N-dealkylation sites (tertiary alicyclic amines) is 1. The second-order valence-electron chi connectivity index (χ2n) is 11.8. The van der Waals surface area contributed by atoms with Gasteiger partial charge in [0.25, 0.3) is 0 Å². The average molecular weight is 416 g/mol. The molecule has 7 rings (SSSR count). The Morgan fingerprint density at radius 3 is 2.10 bits per heavy atom. The molecular weight excluding hydrogens is 378 g/mol. The third-order valence-electron chi connectivity index (χ3n) is 9.36. The van der Waals surface area contributed by atoms with Crippen molar-refractivity contribution in [3.05, 3.63) is 0 Å². The van der Waals surface area contributed by atoms with Gasteiger partial charge in [-0.25, -0.2) is 0 Å². The number of hydrogen-bond acceptors (Lipinski definition) is 4. The smallest absolute Gasteiger partial charge is 0.239 e. The molecule has 166 valence electrons. The zero-order valence-electron chi connectivity index (χ0n) is 18.4. The van der Waals surface area contributed by atoms with E-state index in [1.54, 1.807) is 0 Å². The highest BCUT2D eigenvalue weighted by molar-refractivity contribution is 5.85. The lowest BCUT2D eigenvalue weighted by molar-refractivity contribution is -0.211. The molecular formula is C24H37N3O3. The Morgan fingerprint density at radius 1 is 0.933 bits per heavy atom. The number of carbonyl (C=O) groups is 2. The van der Waals surface area contributed by atoms with Gasteiger partial charge in [-0.1, -0.05) is 12.8 Å². The Hall–Kier alpha value is -1.14. The van der Waals surface area contributed by atoms with E-state index in [2.05, 4.69) is 15.1 Å². The normalized spacial score (nSPS) is 42.5. The summed E-state index contributed by atoms with van der Waals surface area (Å²) in [4.78, 5) is 30.5. The average Bonchev–Trinajstić information content (AvgIpc) is 3.17. The van der Waals surface area contributed by atoms with Crippen LogP contribution in [0.25, 0.3) is 0 Å². The number of morpholine rings is 1. The van der Waals surface area contributed by atoms with Gasteiger partial charge < -0.3 is 15.0 Å². The first-order valence-electron chi connectivity index (χ1n) is 12.4. The summed E-state index contributed by atoms with van der Waals surface area (Å²) in [6.07, 6.45) is 12.2. The van der Waals surface area contributed by atoms with Crippen molar-refractivity contribution in [3.63, 3.8) is 0 Å². The van der Waals surface area contributed by atoms with Crippen LogP contribution in [0.3, 0.4) is 0 Å². The molecule has 1 atom stereocenters. The van der Waals surface area contributed by atoms with Crippen molar-refractivity contribution in [2.75, 3.05) is 33.3 Å². The highest BCUT2D eigenvalue weighted by Gasteiger charge is 2.59. The van der Waals surface area contributed by atoms with Crippen molar-refractivity contribution in [2.24, 2.45) is 23.2 Å². The van der Waals surface area contributed by atoms with E-state index < -0.39 is 0 Å². The van der Waals surface area contributed by atoms with Crippen molar-refractivity contribution in [1.29, 1.82) is 0 Å². The molecule has 0 unspecified atom stereocenters. The molecule has 7 fully saturated rings. The number of nitrogens with one attached hydrogen (secondary N) is 1. The maximum absolute atomic E-state index is 13.5. The van der Waals surface area contributed by atoms with E-state index in [0.717, 1.165) is 56.4 Å². The third kappa shape index (κ3) is 3.12. The molecule has 2 saturated heterocycles. The highest BCUT2D eigenvalue weighted by Crippen LogP contribution is 2.61. The largest absolute Gasteiger partial charge is 0.368 e. The van der Waals surface area contributed by atoms with Gasteiger partial charge in [-0.2, -0.15) is 0 Å². The quantitative estimate of drug-likeness (QED) is 0.768. The van der Waals surface area contributed by atoms with E-state index in [1.807, 2.05) is 7.05 Å². The van der Waals surface area contributed by atoms with Crippen LogP contribution in [0, 0.1) is 23.2 Å². The molecule has 1 spiro atoms. The van der Waals surface area contributed by atoms with Crippen LogP contribution in [0.2, 0.25) is 0 Å². The lowest BCUT2D eigenvalue weighted by Gasteiger charge is -2.60. The molecule has 2 heterocycles. The van der Waals surface area contributed by atoms with Gasteiger partial charge in [-0.3, -0.25) is 14.5 Å². The fraction of sp³-hybridized carbons (Fsp3) is 0.917. The number of hydrogen-bond donors (Lipinski definition) is 1. The van der Waals surface area contributed by atoms with Gasteiger partial charge in [0.05, 0.1) is 25.1 Å². The van der Waals surface area contributed by atoms with Crippen molar-refractivity contribution in [3.8, 4) is 0 Å². The lowest BCUT2D eigenvalue weighted by Crippen LogP contribution is -2.74. The standard InChI is InChI=1S/C24H37N3O3/c1-26-13-24(30-12-20(26)21(28)25-19-4-2-3-5-19)14-27(15-24)22(29)23-9-16-6-17(10-23)8-18(7-16)11-23/h16-20H,2-15H2,1H3,(H,25,28)/t16?,17?,18?,20-,23?/m0/s1. The molecule has 1 N–H and O–H groups in total. The number of carbonyl (C=O) groups excluding carboxylic acids is 2. The van der Waals surface area contributed by atoms with Crippen LogP contribution >= 0.6 is 0 Å². The third-order valence-corrected chi connectivity index (χ3v) is 9.36. The van der Waals surface area contributed by atoms with Gasteiger partial charge in [0.2, 0.25) is 11.8 Å². The first kappa shape index (κ1) is 19.5. The molecule has 5 saturated carbocycles. The van der Waals surface area contributed by atoms with Gasteiger partial charge in [-0.15, -0.1) is 0 Å². The van der Waals surface area contributed by atoms with Crippen LogP contribution in [0.4, 0.5) is 0 Å². The minimum Gasteiger partial charge on any atom is -0.368 e. The number of nitrogens with zero attached hydrogens (tertiary/aromatic N) is 2. The summed E-state index contributed by atoms with van der Waals surface area (Å²) in [5, 5.41) is 3.22. The Bertz CT molecular complexity index is 690. The molecule has 30 heavy (non-hydrogen) atoms. The van der Waals surface area contributed by atoms with Crippen LogP contribution in [-0.4, -0.2) is 72.6 Å². The highest BCUT2D eigenvalue weighted by atomic mass is 16.5. The summed E-state index contributed by atoms with van der Waals surface area (Å²) in [7, 11) is 2.03. The monoisotopic (exact) mass is 415 g/mol. The van der Waals surface area contributed by atoms with Gasteiger partial charge >= 0.3 is 0 Å². The summed E-state index contributed by atoms with van der Waals surface area (Å²) in [6, 6.07) is 0.142. The van der Waals surface area contributed by atoms with Crippen LogP contribution in [0.15, 0.2) is 0 Å². The van der Waals surface area contributed by atoms with Crippen LogP contribution in [-0.2, 0) is 14.3 Å². The van der Waals surface area contributed by atoms with Gasteiger partial charge in [0.15, 0.2) is 0 Å². The molecule has 0 aromatic heterocycles. The Kier molecular flexibility index (Phi) is 4.51. The predicted octanol–water partition coefficient (Wildman–Crippen LogP) is 2.17. The van der Waals surface area contributed by atoms with Crippen LogP contribution < -0.4 is 5.32 Å². The molecule has 0 aromatic rings. The van der Waals surface area contributed by atoms with Crippen molar-refractivity contribution in [2.45, 2.75) is 81.9 Å². The minimum atomic E-state index is -0.267. The maximum Gasteiger partial charge on any atom is 0.239 e. The van der Waals surface area contributed by atoms with Crippen LogP contribution in [0.1, 0.15) is 64.2 Å². The summed E-state index contributed by atoms with van der Waals surface area (Å²) in [5.74, 6) is 2.92. The Labute approximate surface area is 180 Å². The zero-order valence-corrected chi connectivity index (χ0v) is 18.4. The van der Waals surface area contributed by atoms with E-state index in [4.69, 9.17) is 4.74 Å². The first-order valence-corrected chi connectivity index (χ1v) is 12.4. The fourth-order valence-electron chi connectivity index (χ4n) is 8.33. The SMILES string of the molecule is CN1CC2(CN(C(=O)C34CC5CC(CC(C5)C3)C4)C2)OC[C@H]1C(=O)NC1CCCC1. The summed E-state index contributed by atoms with van der Waals surface area (Å²) >= 11 is 0. The minimum absolute atomic E-state index is 0.0549. The first-order chi connectivity index (χ1) is 14.4. The van der Waals surface area contributed by atoms with E-state index in [0.29, 0.717) is 31.6 Å². The molecule has 4 bridgehead atoms. The molecule has 7 aliphatic rings. The molecule has 0 radical (unpaired) electrons. The molecule has 0 aromatic carbocycles. The van der Waals surface area contributed by atoms with E-state index in [1.165, 1.54) is 32.1 Å². The van der Waals surface area contributed by atoms with Gasteiger partial charge in [0.1, 0.15) is 11.6 Å². The number of amides is 2. The van der Waals surface area contributed by atoms with Gasteiger partial charge in [-0.05, 0) is 76.2 Å². The fourth-order valence-corrected chi connectivity index (χ4v) is 8.33. The van der Waals surface area contributed by atoms with Crippen molar-refractivity contribution < 1.29 is 14.3 Å². The van der Waals surface area contributed by atoms with Crippen molar-refractivity contribution in [1.82, 2.24) is 15.1 Å². The predicted molar refractivity (Wildman–Crippen MR) is 113 cm³/mol. The maximum atomic E-state index is 13.5. The molecule has 5 aliphatic carbocycles. The summed E-state index contributed by atoms with van der Waals surface area (Å²) in [5.41, 5.74) is -0.322. The van der Waals surface area contributed by atoms with Crippen LogP contribution in [0.5, 0.6) is 0 Å². The summed E-state index contributed by atoms with van der Waals surface area (Å²) < 4.78 is 6.27. The molecule has 2 amide bonds. The Morgan fingerprint density at radius 2 is 1.53 bits per heavy atom.